The molecule has 0 aliphatic heterocycles. The molecule has 0 aromatic heterocycles. The van der Waals surface area contributed by atoms with Crippen LogP contribution in [-0.2, 0) is 21.2 Å². The van der Waals surface area contributed by atoms with Crippen LogP contribution in [0.3, 0.4) is 0 Å². The Morgan fingerprint density at radius 2 is 1.53 bits per heavy atom. The average Bonchev–Trinajstić information content (AvgIpc) is 2.74. The number of para-hydroxylation sites is 2. The highest BCUT2D eigenvalue weighted by Gasteiger charge is 2.25. The minimum Gasteiger partial charge on any atom is -0.493 e. The van der Waals surface area contributed by atoms with Gasteiger partial charge < -0.3 is 14.6 Å². The van der Waals surface area contributed by atoms with E-state index in [0.717, 1.165) is 0 Å². The number of carboxylic acid groups (broad SMARTS) is 1. The van der Waals surface area contributed by atoms with E-state index >= 15 is 0 Å². The predicted molar refractivity (Wildman–Crippen MR) is 111 cm³/mol. The predicted octanol–water partition coefficient (Wildman–Crippen LogP) is 3.46. The highest BCUT2D eigenvalue weighted by atomic mass is 32.2. The molecule has 0 aliphatic rings. The summed E-state index contributed by atoms with van der Waals surface area (Å²) in [5.74, 6) is 0.194. The molecular weight excluding hydrogens is 406 g/mol. The first-order valence-corrected chi connectivity index (χ1v) is 10.6. The molecule has 0 saturated carbocycles. The highest BCUT2D eigenvalue weighted by Crippen LogP contribution is 2.31. The van der Waals surface area contributed by atoms with E-state index in [1.807, 2.05) is 0 Å². The van der Waals surface area contributed by atoms with Gasteiger partial charge in [-0.25, -0.2) is 8.42 Å². The summed E-state index contributed by atoms with van der Waals surface area (Å²) >= 11 is 0. The molecule has 0 fully saturated rings. The van der Waals surface area contributed by atoms with Crippen LogP contribution in [0.5, 0.6) is 17.2 Å². The zero-order chi connectivity index (χ0) is 21.6. The number of nitrogens with one attached hydrogen (secondary N) is 1. The zero-order valence-electron chi connectivity index (χ0n) is 16.2. The summed E-state index contributed by atoms with van der Waals surface area (Å²) in [4.78, 5) is 11.5. The molecule has 0 amide bonds. The van der Waals surface area contributed by atoms with Gasteiger partial charge in [0.2, 0.25) is 10.0 Å². The topological polar surface area (TPSA) is 102 Å². The second kappa shape index (κ2) is 9.43. The number of hydrogen-bond donors (Lipinski definition) is 2. The minimum absolute atomic E-state index is 0.0321. The van der Waals surface area contributed by atoms with Crippen molar-refractivity contribution in [2.75, 3.05) is 7.11 Å². The average molecular weight is 427 g/mol. The molecule has 1 atom stereocenters. The number of carboxylic acids is 1. The number of hydrogen-bond acceptors (Lipinski definition) is 5. The highest BCUT2D eigenvalue weighted by molar-refractivity contribution is 7.89. The lowest BCUT2D eigenvalue weighted by atomic mass is 10.1. The van der Waals surface area contributed by atoms with Crippen LogP contribution in [0.4, 0.5) is 0 Å². The molecule has 0 radical (unpaired) electrons. The van der Waals surface area contributed by atoms with Gasteiger partial charge in [0.15, 0.2) is 11.5 Å². The monoisotopic (exact) mass is 427 g/mol. The smallest absolute Gasteiger partial charge is 0.322 e. The summed E-state index contributed by atoms with van der Waals surface area (Å²) in [5.41, 5.74) is 0.716. The van der Waals surface area contributed by atoms with Crippen molar-refractivity contribution in [3.8, 4) is 17.2 Å². The molecule has 30 heavy (non-hydrogen) atoms. The molecule has 0 saturated heterocycles. The van der Waals surface area contributed by atoms with Crippen LogP contribution in [0.15, 0.2) is 83.8 Å². The Morgan fingerprint density at radius 3 is 2.13 bits per heavy atom. The third-order valence-corrected chi connectivity index (χ3v) is 5.80. The van der Waals surface area contributed by atoms with Crippen molar-refractivity contribution in [1.29, 1.82) is 0 Å². The van der Waals surface area contributed by atoms with Gasteiger partial charge in [-0.2, -0.15) is 4.72 Å². The Balaban J connectivity index is 1.74. The maximum atomic E-state index is 12.7. The summed E-state index contributed by atoms with van der Waals surface area (Å²) < 4.78 is 38.6. The Hall–Kier alpha value is -3.36. The molecule has 8 heteroatoms. The largest absolute Gasteiger partial charge is 0.493 e. The van der Waals surface area contributed by atoms with Crippen LogP contribution in [0.1, 0.15) is 5.56 Å². The molecule has 0 unspecified atom stereocenters. The number of carbonyl (C=O) groups is 1. The SMILES string of the molecule is COc1ccccc1Oc1ccc(S(=O)(=O)N[C@H](Cc2ccccc2)C(=O)O)cc1. The maximum Gasteiger partial charge on any atom is 0.322 e. The third-order valence-electron chi connectivity index (χ3n) is 4.31. The first-order chi connectivity index (χ1) is 14.4. The quantitative estimate of drug-likeness (QED) is 0.542. The van der Waals surface area contributed by atoms with E-state index in [1.54, 1.807) is 54.6 Å². The second-order valence-corrected chi connectivity index (χ2v) is 8.14. The van der Waals surface area contributed by atoms with Crippen LogP contribution in [0.25, 0.3) is 0 Å². The van der Waals surface area contributed by atoms with E-state index in [0.29, 0.717) is 22.8 Å². The lowest BCUT2D eigenvalue weighted by molar-refractivity contribution is -0.138. The van der Waals surface area contributed by atoms with Gasteiger partial charge in [0, 0.05) is 0 Å². The Bertz CT molecular complexity index is 1100. The van der Waals surface area contributed by atoms with Gasteiger partial charge in [0.25, 0.3) is 0 Å². The van der Waals surface area contributed by atoms with E-state index in [1.165, 1.54) is 31.4 Å². The lowest BCUT2D eigenvalue weighted by Gasteiger charge is -2.15. The van der Waals surface area contributed by atoms with Gasteiger partial charge in [0.1, 0.15) is 11.8 Å². The number of aliphatic carboxylic acids is 1. The van der Waals surface area contributed by atoms with Crippen molar-refractivity contribution in [2.45, 2.75) is 17.4 Å². The summed E-state index contributed by atoms with van der Waals surface area (Å²) in [7, 11) is -2.51. The van der Waals surface area contributed by atoms with Crippen molar-refractivity contribution in [3.63, 3.8) is 0 Å². The fourth-order valence-electron chi connectivity index (χ4n) is 2.80. The summed E-state index contributed by atoms with van der Waals surface area (Å²) in [6.07, 6.45) is 0.0321. The number of methoxy groups -OCH3 is 1. The molecule has 156 valence electrons. The van der Waals surface area contributed by atoms with E-state index < -0.39 is 22.0 Å². The summed E-state index contributed by atoms with van der Waals surface area (Å²) in [6.45, 7) is 0. The van der Waals surface area contributed by atoms with Gasteiger partial charge in [-0.3, -0.25) is 4.79 Å². The Morgan fingerprint density at radius 1 is 0.933 bits per heavy atom. The van der Waals surface area contributed by atoms with Crippen molar-refractivity contribution < 1.29 is 27.8 Å². The standard InChI is InChI=1S/C22H21NO6S/c1-28-20-9-5-6-10-21(20)29-17-11-13-18(14-12-17)30(26,27)23-19(22(24)25)15-16-7-3-2-4-8-16/h2-14,19,23H,15H2,1H3,(H,24,25)/t19-/m1/s1. The van der Waals surface area contributed by atoms with Crippen LogP contribution in [0, 0.1) is 0 Å². The number of rotatable bonds is 9. The van der Waals surface area contributed by atoms with E-state index in [-0.39, 0.29) is 11.3 Å². The molecule has 3 aromatic rings. The molecular formula is C22H21NO6S. The lowest BCUT2D eigenvalue weighted by Crippen LogP contribution is -2.42. The number of ether oxygens (including phenoxy) is 2. The van der Waals surface area contributed by atoms with Crippen LogP contribution in [-0.4, -0.2) is 32.6 Å². The summed E-state index contributed by atoms with van der Waals surface area (Å²) in [5, 5.41) is 9.44. The fraction of sp³-hybridized carbons (Fsp3) is 0.136. The van der Waals surface area contributed by atoms with E-state index in [9.17, 15) is 18.3 Å². The molecule has 3 aromatic carbocycles. The van der Waals surface area contributed by atoms with Crippen LogP contribution >= 0.6 is 0 Å². The second-order valence-electron chi connectivity index (χ2n) is 6.43. The van der Waals surface area contributed by atoms with E-state index in [2.05, 4.69) is 4.72 Å². The van der Waals surface area contributed by atoms with Gasteiger partial charge in [-0.05, 0) is 48.4 Å². The first kappa shape index (κ1) is 21.4. The molecule has 3 rings (SSSR count). The molecule has 0 aliphatic carbocycles. The number of benzene rings is 3. The van der Waals surface area contributed by atoms with Crippen molar-refractivity contribution in [1.82, 2.24) is 4.72 Å². The first-order valence-electron chi connectivity index (χ1n) is 9.09. The van der Waals surface area contributed by atoms with Gasteiger partial charge in [-0.15, -0.1) is 0 Å². The maximum absolute atomic E-state index is 12.7. The van der Waals surface area contributed by atoms with Gasteiger partial charge >= 0.3 is 5.97 Å². The van der Waals surface area contributed by atoms with Crippen molar-refractivity contribution in [3.05, 3.63) is 84.4 Å². The Labute approximate surface area is 174 Å². The minimum atomic E-state index is -4.04. The van der Waals surface area contributed by atoms with E-state index in [4.69, 9.17) is 9.47 Å². The normalized spacial score (nSPS) is 12.2. The molecule has 0 spiro atoms. The molecule has 0 heterocycles. The van der Waals surface area contributed by atoms with Gasteiger partial charge in [-0.1, -0.05) is 42.5 Å². The van der Waals surface area contributed by atoms with Gasteiger partial charge in [0.05, 0.1) is 12.0 Å². The molecule has 2 N–H and O–H groups in total. The summed E-state index contributed by atoms with van der Waals surface area (Å²) in [6, 6.07) is 20.3. The molecule has 7 nitrogen and oxygen atoms in total. The fourth-order valence-corrected chi connectivity index (χ4v) is 3.99. The zero-order valence-corrected chi connectivity index (χ0v) is 17.0. The van der Waals surface area contributed by atoms with Crippen LogP contribution in [0.2, 0.25) is 0 Å². The number of sulfonamides is 1. The van der Waals surface area contributed by atoms with Crippen molar-refractivity contribution >= 4 is 16.0 Å². The van der Waals surface area contributed by atoms with Crippen LogP contribution < -0.4 is 14.2 Å². The molecule has 0 bridgehead atoms. The third kappa shape index (κ3) is 5.37. The van der Waals surface area contributed by atoms with Crippen molar-refractivity contribution in [2.24, 2.45) is 0 Å². The Kier molecular flexibility index (Phi) is 6.71.